The lowest BCUT2D eigenvalue weighted by molar-refractivity contribution is 0.959. The number of allylic oxidation sites excluding steroid dienone is 4. The van der Waals surface area contributed by atoms with Crippen LogP contribution in [0.3, 0.4) is 0 Å². The first kappa shape index (κ1) is 35.5. The molecule has 0 radical (unpaired) electrons. The van der Waals surface area contributed by atoms with Gasteiger partial charge in [-0.3, -0.25) is 0 Å². The molecular weight excluding hydrogens is 767 g/mol. The second-order valence-electron chi connectivity index (χ2n) is 16.4. The summed E-state index contributed by atoms with van der Waals surface area (Å²) < 4.78 is 7.65. The molecule has 13 rings (SSSR count). The first-order chi connectivity index (χ1) is 31.3. The van der Waals surface area contributed by atoms with Gasteiger partial charge in [0, 0.05) is 54.7 Å². The smallest absolute Gasteiger partial charge is 0.160 e. The van der Waals surface area contributed by atoms with Crippen LogP contribution in [0.5, 0.6) is 0 Å². The average Bonchev–Trinajstić information content (AvgIpc) is 4.00. The summed E-state index contributed by atoms with van der Waals surface area (Å²) in [6.45, 7) is 0. The van der Waals surface area contributed by atoms with E-state index < -0.39 is 0 Å². The SMILES string of the molecule is c1ccc(-c2cc(C3=C(n4c5ccccc5c5ccccc54)C(n4c5ccccc5c5ccccc54)=C(n4c5ccccc5c5ccccc54)CC3)nc(-c3ccccc3)n2)cc1. The van der Waals surface area contributed by atoms with Crippen LogP contribution in [0.4, 0.5) is 0 Å². The summed E-state index contributed by atoms with van der Waals surface area (Å²) in [4.78, 5) is 10.8. The minimum Gasteiger partial charge on any atom is -0.311 e. The molecule has 1 aliphatic rings. The van der Waals surface area contributed by atoms with Crippen LogP contribution in [-0.2, 0) is 0 Å². The van der Waals surface area contributed by atoms with Gasteiger partial charge in [0.2, 0.25) is 0 Å². The Morgan fingerprint density at radius 1 is 0.302 bits per heavy atom. The molecule has 5 heteroatoms. The fraction of sp³-hybridized carbons (Fsp3) is 0.0345. The Labute approximate surface area is 363 Å². The Bertz CT molecular complexity index is 3630. The van der Waals surface area contributed by atoms with E-state index in [1.54, 1.807) is 0 Å². The summed E-state index contributed by atoms with van der Waals surface area (Å²) in [6.07, 6.45) is 1.51. The van der Waals surface area contributed by atoms with Gasteiger partial charge in [-0.05, 0) is 55.3 Å². The number of rotatable bonds is 6. The minimum absolute atomic E-state index is 0.705. The zero-order chi connectivity index (χ0) is 41.4. The van der Waals surface area contributed by atoms with Crippen LogP contribution < -0.4 is 0 Å². The van der Waals surface area contributed by atoms with Crippen molar-refractivity contribution in [2.75, 3.05) is 0 Å². The van der Waals surface area contributed by atoms with Crippen LogP contribution in [0, 0.1) is 0 Å². The highest BCUT2D eigenvalue weighted by atomic mass is 15.1. The van der Waals surface area contributed by atoms with Gasteiger partial charge in [-0.25, -0.2) is 9.97 Å². The first-order valence-electron chi connectivity index (χ1n) is 21.7. The summed E-state index contributed by atoms with van der Waals surface area (Å²) in [5.74, 6) is 0.705. The van der Waals surface area contributed by atoms with Gasteiger partial charge < -0.3 is 13.7 Å². The van der Waals surface area contributed by atoms with Crippen molar-refractivity contribution in [3.8, 4) is 22.6 Å². The molecule has 5 nitrogen and oxygen atoms in total. The third kappa shape index (κ3) is 5.43. The molecule has 0 amide bonds. The van der Waals surface area contributed by atoms with Crippen LogP contribution in [0.15, 0.2) is 212 Å². The molecule has 8 aromatic carbocycles. The first-order valence-corrected chi connectivity index (χ1v) is 21.7. The zero-order valence-electron chi connectivity index (χ0n) is 34.4. The maximum Gasteiger partial charge on any atom is 0.160 e. The highest BCUT2D eigenvalue weighted by Gasteiger charge is 2.33. The van der Waals surface area contributed by atoms with Gasteiger partial charge in [-0.2, -0.15) is 0 Å². The summed E-state index contributed by atoms with van der Waals surface area (Å²) in [5.41, 5.74) is 15.5. The Kier molecular flexibility index (Phi) is 7.97. The molecule has 12 aromatic rings. The largest absolute Gasteiger partial charge is 0.311 e. The van der Waals surface area contributed by atoms with Crippen LogP contribution in [0.25, 0.3) is 111 Å². The summed E-state index contributed by atoms with van der Waals surface area (Å²) in [7, 11) is 0. The summed E-state index contributed by atoms with van der Waals surface area (Å²) >= 11 is 0. The van der Waals surface area contributed by atoms with Crippen molar-refractivity contribution in [2.24, 2.45) is 0 Å². The van der Waals surface area contributed by atoms with Gasteiger partial charge >= 0.3 is 0 Å². The third-order valence-electron chi connectivity index (χ3n) is 13.0. The maximum atomic E-state index is 5.58. The second kappa shape index (κ2) is 14.2. The van der Waals surface area contributed by atoms with Gasteiger partial charge in [0.25, 0.3) is 0 Å². The van der Waals surface area contributed by atoms with E-state index in [2.05, 4.69) is 226 Å². The molecule has 0 spiro atoms. The van der Waals surface area contributed by atoms with E-state index in [4.69, 9.17) is 9.97 Å². The van der Waals surface area contributed by atoms with Crippen molar-refractivity contribution in [1.29, 1.82) is 0 Å². The van der Waals surface area contributed by atoms with Crippen molar-refractivity contribution >= 4 is 88.1 Å². The quantitative estimate of drug-likeness (QED) is 0.168. The molecule has 296 valence electrons. The van der Waals surface area contributed by atoms with Crippen LogP contribution in [0.1, 0.15) is 18.5 Å². The lowest BCUT2D eigenvalue weighted by Crippen LogP contribution is -2.17. The van der Waals surface area contributed by atoms with Gasteiger partial charge in [-0.15, -0.1) is 0 Å². The molecule has 0 aliphatic heterocycles. The monoisotopic (exact) mass is 805 g/mol. The fourth-order valence-electron chi connectivity index (χ4n) is 10.3. The fourth-order valence-corrected chi connectivity index (χ4v) is 10.3. The number of aromatic nitrogens is 5. The van der Waals surface area contributed by atoms with E-state index in [9.17, 15) is 0 Å². The lowest BCUT2D eigenvalue weighted by Gasteiger charge is -2.31. The molecule has 0 saturated carbocycles. The molecule has 0 saturated heterocycles. The molecule has 0 atom stereocenters. The number of para-hydroxylation sites is 6. The van der Waals surface area contributed by atoms with Gasteiger partial charge in [0.05, 0.1) is 55.9 Å². The van der Waals surface area contributed by atoms with E-state index in [1.165, 1.54) is 54.6 Å². The minimum atomic E-state index is 0.705. The van der Waals surface area contributed by atoms with E-state index >= 15 is 0 Å². The molecule has 0 fully saturated rings. The number of benzene rings is 8. The van der Waals surface area contributed by atoms with E-state index in [0.29, 0.717) is 5.82 Å². The van der Waals surface area contributed by atoms with Crippen LogP contribution in [0.2, 0.25) is 0 Å². The Morgan fingerprint density at radius 3 is 1.10 bits per heavy atom. The van der Waals surface area contributed by atoms with Crippen molar-refractivity contribution in [2.45, 2.75) is 12.8 Å². The number of hydrogen-bond donors (Lipinski definition) is 0. The van der Waals surface area contributed by atoms with Gasteiger partial charge in [0.1, 0.15) is 0 Å². The molecule has 0 bridgehead atoms. The van der Waals surface area contributed by atoms with Crippen molar-refractivity contribution in [3.63, 3.8) is 0 Å². The van der Waals surface area contributed by atoms with Gasteiger partial charge in [0.15, 0.2) is 5.82 Å². The lowest BCUT2D eigenvalue weighted by atomic mass is 9.92. The van der Waals surface area contributed by atoms with Gasteiger partial charge in [-0.1, -0.05) is 170 Å². The van der Waals surface area contributed by atoms with E-state index in [0.717, 1.165) is 68.8 Å². The van der Waals surface area contributed by atoms with Crippen LogP contribution >= 0.6 is 0 Å². The average molecular weight is 806 g/mol. The summed E-state index contributed by atoms with van der Waals surface area (Å²) in [6, 6.07) is 76.5. The van der Waals surface area contributed by atoms with Crippen molar-refractivity contribution in [1.82, 2.24) is 23.7 Å². The maximum absolute atomic E-state index is 5.58. The molecule has 63 heavy (non-hydrogen) atoms. The highest BCUT2D eigenvalue weighted by Crippen LogP contribution is 2.50. The van der Waals surface area contributed by atoms with E-state index in [-0.39, 0.29) is 0 Å². The predicted molar refractivity (Wildman–Crippen MR) is 263 cm³/mol. The normalized spacial score (nSPS) is 13.5. The molecular formula is C58H39N5. The number of nitrogens with zero attached hydrogens (tertiary/aromatic N) is 5. The molecule has 0 unspecified atom stereocenters. The number of hydrogen-bond acceptors (Lipinski definition) is 2. The standard InChI is InChI=1S/C58H39N5/c1-3-19-38(20-4-1)47-37-48(60-58(59-47)39-21-5-2-6-22-39)46-35-36-55(61-49-29-13-7-23-40(49)41-24-8-14-30-50(41)61)57(63-53-33-17-11-27-44(53)45-28-12-18-34-54(45)63)56(46)62-51-31-15-9-25-42(51)43-26-10-16-32-52(43)62/h1-34,37H,35-36H2. The Balaban J connectivity index is 1.27. The highest BCUT2D eigenvalue weighted by molar-refractivity contribution is 6.24. The topological polar surface area (TPSA) is 40.6 Å². The third-order valence-corrected chi connectivity index (χ3v) is 13.0. The Hall–Kier alpha value is -8.28. The molecule has 4 heterocycles. The predicted octanol–water partition coefficient (Wildman–Crippen LogP) is 14.8. The van der Waals surface area contributed by atoms with Crippen molar-refractivity contribution < 1.29 is 0 Å². The molecule has 4 aromatic heterocycles. The zero-order valence-corrected chi connectivity index (χ0v) is 34.4. The second-order valence-corrected chi connectivity index (χ2v) is 16.4. The molecule has 0 N–H and O–H groups in total. The van der Waals surface area contributed by atoms with E-state index in [1.807, 2.05) is 0 Å². The molecule has 1 aliphatic carbocycles. The summed E-state index contributed by atoms with van der Waals surface area (Å²) in [5, 5.41) is 7.34. The Morgan fingerprint density at radius 2 is 0.651 bits per heavy atom. The van der Waals surface area contributed by atoms with Crippen LogP contribution in [-0.4, -0.2) is 23.7 Å². The van der Waals surface area contributed by atoms with Crippen molar-refractivity contribution in [3.05, 3.63) is 218 Å². The number of fused-ring (bicyclic) bond motifs is 9.